The fourth-order valence-corrected chi connectivity index (χ4v) is 2.14. The standard InChI is InChI=1S/C13H11N3O2/c17-16(18)12-8-4-1-5-9(12)13-14-10-6-2-3-7-11(10)15-13/h1-8,13-15H. The minimum Gasteiger partial charge on any atom is -0.360 e. The summed E-state index contributed by atoms with van der Waals surface area (Å²) in [7, 11) is 0. The number of benzene rings is 2. The van der Waals surface area contributed by atoms with Crippen LogP contribution in [-0.2, 0) is 0 Å². The first-order valence-electron chi connectivity index (χ1n) is 5.61. The fraction of sp³-hybridized carbons (Fsp3) is 0.0769. The van der Waals surface area contributed by atoms with Crippen molar-refractivity contribution < 1.29 is 4.92 Å². The molecule has 0 fully saturated rings. The van der Waals surface area contributed by atoms with Crippen LogP contribution in [0.25, 0.3) is 0 Å². The molecule has 1 aliphatic rings. The molecule has 0 atom stereocenters. The fourth-order valence-electron chi connectivity index (χ4n) is 2.14. The van der Waals surface area contributed by atoms with E-state index < -0.39 is 0 Å². The molecule has 1 heterocycles. The Morgan fingerprint density at radius 1 is 0.944 bits per heavy atom. The molecule has 0 radical (unpaired) electrons. The highest BCUT2D eigenvalue weighted by Gasteiger charge is 2.26. The number of para-hydroxylation sites is 3. The summed E-state index contributed by atoms with van der Waals surface area (Å²) in [6.07, 6.45) is -0.260. The SMILES string of the molecule is O=[N+]([O-])c1ccccc1C1Nc2ccccc2N1. The molecule has 2 aromatic rings. The number of rotatable bonds is 2. The van der Waals surface area contributed by atoms with Crippen LogP contribution in [0.5, 0.6) is 0 Å². The van der Waals surface area contributed by atoms with E-state index in [0.717, 1.165) is 11.4 Å². The topological polar surface area (TPSA) is 67.2 Å². The molecule has 0 aliphatic carbocycles. The average Bonchev–Trinajstić information content (AvgIpc) is 2.82. The Labute approximate surface area is 104 Å². The molecule has 0 bridgehead atoms. The first-order valence-corrected chi connectivity index (χ1v) is 5.61. The van der Waals surface area contributed by atoms with Gasteiger partial charge in [-0.15, -0.1) is 0 Å². The van der Waals surface area contributed by atoms with Gasteiger partial charge in [-0.3, -0.25) is 10.1 Å². The molecule has 2 N–H and O–H groups in total. The monoisotopic (exact) mass is 241 g/mol. The quantitative estimate of drug-likeness (QED) is 0.626. The molecule has 0 spiro atoms. The highest BCUT2D eigenvalue weighted by atomic mass is 16.6. The van der Waals surface area contributed by atoms with Crippen LogP contribution >= 0.6 is 0 Å². The number of nitro groups is 1. The van der Waals surface area contributed by atoms with Crippen molar-refractivity contribution in [3.63, 3.8) is 0 Å². The van der Waals surface area contributed by atoms with E-state index in [9.17, 15) is 10.1 Å². The van der Waals surface area contributed by atoms with Crippen molar-refractivity contribution in [2.75, 3.05) is 10.6 Å². The van der Waals surface area contributed by atoms with Crippen molar-refractivity contribution in [3.05, 3.63) is 64.2 Å². The highest BCUT2D eigenvalue weighted by Crippen LogP contribution is 2.37. The number of hydrogen-bond donors (Lipinski definition) is 2. The molecule has 0 saturated heterocycles. The second kappa shape index (κ2) is 4.03. The van der Waals surface area contributed by atoms with Gasteiger partial charge in [-0.1, -0.05) is 24.3 Å². The van der Waals surface area contributed by atoms with Gasteiger partial charge in [-0.05, 0) is 18.2 Å². The Morgan fingerprint density at radius 2 is 1.50 bits per heavy atom. The lowest BCUT2D eigenvalue weighted by molar-refractivity contribution is -0.385. The molecule has 0 aromatic heterocycles. The van der Waals surface area contributed by atoms with Gasteiger partial charge in [-0.2, -0.15) is 0 Å². The highest BCUT2D eigenvalue weighted by molar-refractivity contribution is 5.75. The lowest BCUT2D eigenvalue weighted by Gasteiger charge is -2.12. The normalized spacial score (nSPS) is 13.6. The van der Waals surface area contributed by atoms with Crippen molar-refractivity contribution in [1.29, 1.82) is 0 Å². The van der Waals surface area contributed by atoms with Crippen LogP contribution < -0.4 is 10.6 Å². The Hall–Kier alpha value is -2.56. The number of anilines is 2. The summed E-state index contributed by atoms with van der Waals surface area (Å²) in [5, 5.41) is 17.5. The minimum atomic E-state index is -0.359. The molecule has 5 heteroatoms. The van der Waals surface area contributed by atoms with E-state index in [1.54, 1.807) is 18.2 Å². The van der Waals surface area contributed by atoms with Gasteiger partial charge >= 0.3 is 0 Å². The maximum atomic E-state index is 11.0. The molecule has 0 amide bonds. The maximum absolute atomic E-state index is 11.0. The van der Waals surface area contributed by atoms with E-state index in [-0.39, 0.29) is 16.8 Å². The Balaban J connectivity index is 1.98. The molecule has 0 unspecified atom stereocenters. The van der Waals surface area contributed by atoms with E-state index in [4.69, 9.17) is 0 Å². The molecule has 5 nitrogen and oxygen atoms in total. The third-order valence-electron chi connectivity index (χ3n) is 2.97. The molecule has 2 aromatic carbocycles. The molecule has 0 saturated carbocycles. The summed E-state index contributed by atoms with van der Waals surface area (Å²) in [5.41, 5.74) is 2.68. The largest absolute Gasteiger partial charge is 0.360 e. The molecule has 1 aliphatic heterocycles. The molecular weight excluding hydrogens is 230 g/mol. The second-order valence-electron chi connectivity index (χ2n) is 4.08. The van der Waals surface area contributed by atoms with Gasteiger partial charge in [0.15, 0.2) is 0 Å². The first kappa shape index (κ1) is 10.6. The van der Waals surface area contributed by atoms with Crippen LogP contribution in [0.4, 0.5) is 17.1 Å². The van der Waals surface area contributed by atoms with Crippen LogP contribution in [0, 0.1) is 10.1 Å². The van der Waals surface area contributed by atoms with Crippen molar-refractivity contribution in [2.24, 2.45) is 0 Å². The predicted octanol–water partition coefficient (Wildman–Crippen LogP) is 3.13. The number of nitrogens with zero attached hydrogens (tertiary/aromatic N) is 1. The third kappa shape index (κ3) is 1.66. The number of nitrogens with one attached hydrogen (secondary N) is 2. The van der Waals surface area contributed by atoms with Crippen LogP contribution in [0.2, 0.25) is 0 Å². The van der Waals surface area contributed by atoms with Crippen LogP contribution in [-0.4, -0.2) is 4.92 Å². The lowest BCUT2D eigenvalue weighted by Crippen LogP contribution is -2.13. The first-order chi connectivity index (χ1) is 8.75. The van der Waals surface area contributed by atoms with E-state index in [2.05, 4.69) is 10.6 Å². The minimum absolute atomic E-state index is 0.121. The molecule has 90 valence electrons. The number of nitro benzene ring substituents is 1. The van der Waals surface area contributed by atoms with Crippen LogP contribution in [0.3, 0.4) is 0 Å². The van der Waals surface area contributed by atoms with Gasteiger partial charge in [0.2, 0.25) is 0 Å². The molecule has 18 heavy (non-hydrogen) atoms. The Morgan fingerprint density at radius 3 is 2.11 bits per heavy atom. The van der Waals surface area contributed by atoms with E-state index in [1.165, 1.54) is 6.07 Å². The van der Waals surface area contributed by atoms with Gasteiger partial charge in [0.25, 0.3) is 5.69 Å². The van der Waals surface area contributed by atoms with E-state index >= 15 is 0 Å². The number of fused-ring (bicyclic) bond motifs is 1. The third-order valence-corrected chi connectivity index (χ3v) is 2.97. The maximum Gasteiger partial charge on any atom is 0.276 e. The number of hydrogen-bond acceptors (Lipinski definition) is 4. The van der Waals surface area contributed by atoms with E-state index in [0.29, 0.717) is 5.56 Å². The zero-order valence-electron chi connectivity index (χ0n) is 9.46. The predicted molar refractivity (Wildman–Crippen MR) is 69.5 cm³/mol. The van der Waals surface area contributed by atoms with Gasteiger partial charge < -0.3 is 10.6 Å². The zero-order valence-corrected chi connectivity index (χ0v) is 9.46. The summed E-state index contributed by atoms with van der Waals surface area (Å²) in [5.74, 6) is 0. The summed E-state index contributed by atoms with van der Waals surface area (Å²) < 4.78 is 0. The van der Waals surface area contributed by atoms with Crippen LogP contribution in [0.15, 0.2) is 48.5 Å². The second-order valence-corrected chi connectivity index (χ2v) is 4.08. The van der Waals surface area contributed by atoms with Crippen molar-refractivity contribution >= 4 is 17.1 Å². The zero-order chi connectivity index (χ0) is 12.5. The van der Waals surface area contributed by atoms with Crippen LogP contribution in [0.1, 0.15) is 11.7 Å². The van der Waals surface area contributed by atoms with Crippen molar-refractivity contribution in [3.8, 4) is 0 Å². The Kier molecular flexibility index (Phi) is 2.37. The lowest BCUT2D eigenvalue weighted by atomic mass is 10.1. The average molecular weight is 241 g/mol. The van der Waals surface area contributed by atoms with Gasteiger partial charge in [0.05, 0.1) is 21.9 Å². The van der Waals surface area contributed by atoms with Gasteiger partial charge in [-0.25, -0.2) is 0 Å². The molecule has 3 rings (SSSR count). The summed E-state index contributed by atoms with van der Waals surface area (Å²) >= 11 is 0. The van der Waals surface area contributed by atoms with Crippen molar-refractivity contribution in [2.45, 2.75) is 6.17 Å². The Bertz CT molecular complexity index is 588. The van der Waals surface area contributed by atoms with Crippen molar-refractivity contribution in [1.82, 2.24) is 0 Å². The summed E-state index contributed by atoms with van der Waals surface area (Å²) in [4.78, 5) is 10.6. The van der Waals surface area contributed by atoms with Gasteiger partial charge in [0, 0.05) is 6.07 Å². The molecular formula is C13H11N3O2. The summed E-state index contributed by atoms with van der Waals surface area (Å²) in [6, 6.07) is 14.5. The van der Waals surface area contributed by atoms with E-state index in [1.807, 2.05) is 24.3 Å². The smallest absolute Gasteiger partial charge is 0.276 e. The summed E-state index contributed by atoms with van der Waals surface area (Å²) in [6.45, 7) is 0. The van der Waals surface area contributed by atoms with Gasteiger partial charge in [0.1, 0.15) is 6.17 Å².